The minimum atomic E-state index is -0.325. The smallest absolute Gasteiger partial charge is 0.319 e. The third-order valence-electron chi connectivity index (χ3n) is 3.14. The van der Waals surface area contributed by atoms with E-state index < -0.39 is 0 Å². The lowest BCUT2D eigenvalue weighted by Gasteiger charge is -2.10. The van der Waals surface area contributed by atoms with Gasteiger partial charge in [0.2, 0.25) is 0 Å². The van der Waals surface area contributed by atoms with E-state index in [0.717, 1.165) is 12.2 Å². The summed E-state index contributed by atoms with van der Waals surface area (Å²) in [6.07, 6.45) is 0.960. The van der Waals surface area contributed by atoms with E-state index >= 15 is 0 Å². The van der Waals surface area contributed by atoms with Gasteiger partial charge in [-0.3, -0.25) is 0 Å². The van der Waals surface area contributed by atoms with Crippen molar-refractivity contribution in [2.24, 2.45) is 0 Å². The van der Waals surface area contributed by atoms with Gasteiger partial charge in [-0.15, -0.1) is 0 Å². The lowest BCUT2D eigenvalue weighted by atomic mass is 10.2. The number of rotatable bonds is 6. The zero-order valence-electron chi connectivity index (χ0n) is 12.7. The molecule has 2 aromatic rings. The maximum atomic E-state index is 11.8. The molecule has 23 heavy (non-hydrogen) atoms. The van der Waals surface area contributed by atoms with E-state index in [0.29, 0.717) is 28.9 Å². The lowest BCUT2D eigenvalue weighted by molar-refractivity contribution is 0.247. The largest absolute Gasteiger partial charge is 0.492 e. The Labute approximate surface area is 145 Å². The fourth-order valence-electron chi connectivity index (χ4n) is 1.94. The van der Waals surface area contributed by atoms with Crippen LogP contribution in [0.2, 0.25) is 10.0 Å². The maximum Gasteiger partial charge on any atom is 0.319 e. The van der Waals surface area contributed by atoms with E-state index in [1.165, 1.54) is 5.56 Å². The molecule has 0 aliphatic carbocycles. The SMILES string of the molecule is CCc1cccc(OCCNC(=O)Nc2ccc(Cl)c(Cl)c2)c1. The first kappa shape index (κ1) is 17.4. The van der Waals surface area contributed by atoms with Gasteiger partial charge in [0.05, 0.1) is 16.6 Å². The Morgan fingerprint density at radius 3 is 2.70 bits per heavy atom. The van der Waals surface area contributed by atoms with E-state index in [1.807, 2.05) is 18.2 Å². The van der Waals surface area contributed by atoms with Gasteiger partial charge in [0.1, 0.15) is 12.4 Å². The summed E-state index contributed by atoms with van der Waals surface area (Å²) in [6.45, 7) is 2.87. The number of hydrogen-bond acceptors (Lipinski definition) is 2. The molecule has 0 aliphatic rings. The highest BCUT2D eigenvalue weighted by Gasteiger charge is 2.04. The van der Waals surface area contributed by atoms with Crippen LogP contribution in [0.15, 0.2) is 42.5 Å². The van der Waals surface area contributed by atoms with Gasteiger partial charge in [-0.1, -0.05) is 42.3 Å². The number of hydrogen-bond donors (Lipinski definition) is 2. The molecule has 2 rings (SSSR count). The van der Waals surface area contributed by atoms with Crippen LogP contribution in [0.5, 0.6) is 5.75 Å². The molecular formula is C17H18Cl2N2O2. The average Bonchev–Trinajstić information content (AvgIpc) is 2.55. The second-order valence-electron chi connectivity index (χ2n) is 4.86. The molecule has 0 bridgehead atoms. The van der Waals surface area contributed by atoms with E-state index in [-0.39, 0.29) is 6.03 Å². The van der Waals surface area contributed by atoms with Crippen molar-refractivity contribution in [3.63, 3.8) is 0 Å². The average molecular weight is 353 g/mol. The number of nitrogens with one attached hydrogen (secondary N) is 2. The number of halogens is 2. The van der Waals surface area contributed by atoms with Crippen LogP contribution in [0.4, 0.5) is 10.5 Å². The number of anilines is 1. The van der Waals surface area contributed by atoms with Crippen molar-refractivity contribution < 1.29 is 9.53 Å². The molecule has 0 unspecified atom stereocenters. The van der Waals surface area contributed by atoms with E-state index in [1.54, 1.807) is 18.2 Å². The zero-order valence-corrected chi connectivity index (χ0v) is 14.2. The molecule has 0 radical (unpaired) electrons. The van der Waals surface area contributed by atoms with Crippen LogP contribution in [-0.2, 0) is 6.42 Å². The molecule has 0 saturated heterocycles. The molecule has 0 heterocycles. The second-order valence-corrected chi connectivity index (χ2v) is 5.67. The molecular weight excluding hydrogens is 335 g/mol. The van der Waals surface area contributed by atoms with Gasteiger partial charge in [0.25, 0.3) is 0 Å². The molecule has 2 aromatic carbocycles. The number of carbonyl (C=O) groups excluding carboxylic acids is 1. The molecule has 6 heteroatoms. The van der Waals surface area contributed by atoms with Crippen molar-refractivity contribution in [2.45, 2.75) is 13.3 Å². The minimum absolute atomic E-state index is 0.325. The first-order valence-electron chi connectivity index (χ1n) is 7.30. The van der Waals surface area contributed by atoms with E-state index in [2.05, 4.69) is 23.6 Å². The van der Waals surface area contributed by atoms with Crippen LogP contribution < -0.4 is 15.4 Å². The zero-order chi connectivity index (χ0) is 16.7. The highest BCUT2D eigenvalue weighted by molar-refractivity contribution is 6.42. The summed E-state index contributed by atoms with van der Waals surface area (Å²) in [5, 5.41) is 6.23. The van der Waals surface area contributed by atoms with Crippen molar-refractivity contribution >= 4 is 34.9 Å². The first-order valence-corrected chi connectivity index (χ1v) is 8.05. The summed E-state index contributed by atoms with van der Waals surface area (Å²) in [7, 11) is 0. The Kier molecular flexibility index (Phi) is 6.56. The molecule has 0 fully saturated rings. The number of aryl methyl sites for hydroxylation is 1. The van der Waals surface area contributed by atoms with Gasteiger partial charge in [0, 0.05) is 5.69 Å². The van der Waals surface area contributed by atoms with Crippen molar-refractivity contribution in [1.29, 1.82) is 0 Å². The van der Waals surface area contributed by atoms with Crippen LogP contribution in [0, 0.1) is 0 Å². The van der Waals surface area contributed by atoms with Crippen molar-refractivity contribution in [3.8, 4) is 5.75 Å². The van der Waals surface area contributed by atoms with Crippen molar-refractivity contribution in [2.75, 3.05) is 18.5 Å². The van der Waals surface area contributed by atoms with Crippen molar-refractivity contribution in [1.82, 2.24) is 5.32 Å². The van der Waals surface area contributed by atoms with Gasteiger partial charge in [-0.2, -0.15) is 0 Å². The monoisotopic (exact) mass is 352 g/mol. The molecule has 2 N–H and O–H groups in total. The summed E-state index contributed by atoms with van der Waals surface area (Å²) in [6, 6.07) is 12.5. The number of urea groups is 1. The number of benzene rings is 2. The lowest BCUT2D eigenvalue weighted by Crippen LogP contribution is -2.32. The predicted octanol–water partition coefficient (Wildman–Crippen LogP) is 4.76. The topological polar surface area (TPSA) is 50.4 Å². The molecule has 4 nitrogen and oxygen atoms in total. The summed E-state index contributed by atoms with van der Waals surface area (Å²) in [5.74, 6) is 0.802. The molecule has 0 aromatic heterocycles. The molecule has 0 atom stereocenters. The second kappa shape index (κ2) is 8.65. The first-order chi connectivity index (χ1) is 11.1. The molecule has 2 amide bonds. The van der Waals surface area contributed by atoms with Gasteiger partial charge < -0.3 is 15.4 Å². The maximum absolute atomic E-state index is 11.8. The standard InChI is InChI=1S/C17H18Cl2N2O2/c1-2-12-4-3-5-14(10-12)23-9-8-20-17(22)21-13-6-7-15(18)16(19)11-13/h3-7,10-11H,2,8-9H2,1H3,(H2,20,21,22). The minimum Gasteiger partial charge on any atom is -0.492 e. The summed E-state index contributed by atoms with van der Waals surface area (Å²) >= 11 is 11.7. The molecule has 0 spiro atoms. The van der Waals surface area contributed by atoms with Crippen LogP contribution in [0.3, 0.4) is 0 Å². The van der Waals surface area contributed by atoms with Crippen molar-refractivity contribution in [3.05, 3.63) is 58.1 Å². The summed E-state index contributed by atoms with van der Waals surface area (Å²) in [4.78, 5) is 11.8. The number of carbonyl (C=O) groups is 1. The third kappa shape index (κ3) is 5.66. The Bertz CT molecular complexity index is 677. The fraction of sp³-hybridized carbons (Fsp3) is 0.235. The molecule has 0 saturated carbocycles. The summed E-state index contributed by atoms with van der Waals surface area (Å²) < 4.78 is 5.60. The molecule has 0 aliphatic heterocycles. The van der Waals surface area contributed by atoms with Gasteiger partial charge in [-0.05, 0) is 42.3 Å². The third-order valence-corrected chi connectivity index (χ3v) is 3.88. The van der Waals surface area contributed by atoms with E-state index in [9.17, 15) is 4.79 Å². The Balaban J connectivity index is 1.73. The quantitative estimate of drug-likeness (QED) is 0.736. The molecule has 122 valence electrons. The van der Waals surface area contributed by atoms with Crippen LogP contribution in [0.1, 0.15) is 12.5 Å². The fourth-order valence-corrected chi connectivity index (χ4v) is 2.24. The van der Waals surface area contributed by atoms with Gasteiger partial charge in [-0.25, -0.2) is 4.79 Å². The van der Waals surface area contributed by atoms with Crippen LogP contribution in [0.25, 0.3) is 0 Å². The van der Waals surface area contributed by atoms with Crippen LogP contribution in [-0.4, -0.2) is 19.2 Å². The number of ether oxygens (including phenoxy) is 1. The Morgan fingerprint density at radius 2 is 1.96 bits per heavy atom. The van der Waals surface area contributed by atoms with Gasteiger partial charge in [0.15, 0.2) is 0 Å². The highest BCUT2D eigenvalue weighted by atomic mass is 35.5. The van der Waals surface area contributed by atoms with E-state index in [4.69, 9.17) is 27.9 Å². The summed E-state index contributed by atoms with van der Waals surface area (Å²) in [5.41, 5.74) is 1.79. The Morgan fingerprint density at radius 1 is 1.13 bits per heavy atom. The Hall–Kier alpha value is -1.91. The predicted molar refractivity (Wildman–Crippen MR) is 94.8 cm³/mol. The normalized spacial score (nSPS) is 10.2. The van der Waals surface area contributed by atoms with Crippen LogP contribution >= 0.6 is 23.2 Å². The highest BCUT2D eigenvalue weighted by Crippen LogP contribution is 2.24. The number of amides is 2. The van der Waals surface area contributed by atoms with Gasteiger partial charge >= 0.3 is 6.03 Å².